The van der Waals surface area contributed by atoms with Crippen LogP contribution in [0.3, 0.4) is 0 Å². The van der Waals surface area contributed by atoms with Gasteiger partial charge in [0.05, 0.1) is 5.54 Å². The topological polar surface area (TPSA) is 78.4 Å². The zero-order chi connectivity index (χ0) is 13.2. The van der Waals surface area contributed by atoms with Crippen LogP contribution >= 0.6 is 11.6 Å². The third kappa shape index (κ3) is 2.92. The van der Waals surface area contributed by atoms with Gasteiger partial charge in [0.1, 0.15) is 6.54 Å². The molecule has 3 N–H and O–H groups in total. The third-order valence-corrected chi connectivity index (χ3v) is 3.15. The quantitative estimate of drug-likeness (QED) is 0.778. The molecule has 0 spiro atoms. The Kier molecular flexibility index (Phi) is 3.43. The number of aliphatic carboxylic acids is 1. The molecule has 18 heavy (non-hydrogen) atoms. The zero-order valence-electron chi connectivity index (χ0n) is 9.57. The van der Waals surface area contributed by atoms with E-state index in [2.05, 4.69) is 10.6 Å². The van der Waals surface area contributed by atoms with E-state index in [4.69, 9.17) is 16.7 Å². The SMILES string of the molecule is O=C(O)CNC(=O)NC1(c2ccc(Cl)cc2)CC1. The number of halogens is 1. The Morgan fingerprint density at radius 1 is 1.28 bits per heavy atom. The molecule has 1 saturated carbocycles. The number of hydrogen-bond donors (Lipinski definition) is 3. The summed E-state index contributed by atoms with van der Waals surface area (Å²) in [4.78, 5) is 21.9. The molecule has 2 rings (SSSR count). The van der Waals surface area contributed by atoms with Crippen LogP contribution in [0.2, 0.25) is 5.02 Å². The summed E-state index contributed by atoms with van der Waals surface area (Å²) < 4.78 is 0. The van der Waals surface area contributed by atoms with Crippen LogP contribution in [0.15, 0.2) is 24.3 Å². The van der Waals surface area contributed by atoms with Crippen LogP contribution in [0.1, 0.15) is 18.4 Å². The monoisotopic (exact) mass is 268 g/mol. The number of urea groups is 1. The predicted molar refractivity (Wildman–Crippen MR) is 66.5 cm³/mol. The summed E-state index contributed by atoms with van der Waals surface area (Å²) in [7, 11) is 0. The zero-order valence-corrected chi connectivity index (χ0v) is 10.3. The second-order valence-corrected chi connectivity index (χ2v) is 4.73. The van der Waals surface area contributed by atoms with E-state index in [0.717, 1.165) is 18.4 Å². The lowest BCUT2D eigenvalue weighted by atomic mass is 10.1. The number of carbonyl (C=O) groups is 2. The minimum Gasteiger partial charge on any atom is -0.480 e. The summed E-state index contributed by atoms with van der Waals surface area (Å²) in [6, 6.07) is 6.81. The molecule has 1 aliphatic rings. The number of benzene rings is 1. The van der Waals surface area contributed by atoms with Crippen molar-refractivity contribution in [2.45, 2.75) is 18.4 Å². The van der Waals surface area contributed by atoms with Crippen molar-refractivity contribution in [3.63, 3.8) is 0 Å². The molecular weight excluding hydrogens is 256 g/mol. The number of hydrogen-bond acceptors (Lipinski definition) is 2. The van der Waals surface area contributed by atoms with Crippen molar-refractivity contribution < 1.29 is 14.7 Å². The van der Waals surface area contributed by atoms with Gasteiger partial charge in [0, 0.05) is 5.02 Å². The van der Waals surface area contributed by atoms with Crippen LogP contribution in [-0.2, 0) is 10.3 Å². The van der Waals surface area contributed by atoms with Gasteiger partial charge >= 0.3 is 12.0 Å². The van der Waals surface area contributed by atoms with Gasteiger partial charge in [-0.05, 0) is 30.5 Å². The molecule has 1 aromatic rings. The van der Waals surface area contributed by atoms with Gasteiger partial charge in [-0.2, -0.15) is 0 Å². The lowest BCUT2D eigenvalue weighted by molar-refractivity contribution is -0.135. The molecule has 0 saturated heterocycles. The van der Waals surface area contributed by atoms with Gasteiger partial charge in [0.25, 0.3) is 0 Å². The normalized spacial score (nSPS) is 15.8. The van der Waals surface area contributed by atoms with E-state index in [9.17, 15) is 9.59 Å². The summed E-state index contributed by atoms with van der Waals surface area (Å²) >= 11 is 5.81. The molecule has 96 valence electrons. The Morgan fingerprint density at radius 3 is 2.39 bits per heavy atom. The van der Waals surface area contributed by atoms with Crippen LogP contribution in [0.25, 0.3) is 0 Å². The Labute approximate surface area is 109 Å². The third-order valence-electron chi connectivity index (χ3n) is 2.90. The molecule has 1 fully saturated rings. The Balaban J connectivity index is 1.98. The van der Waals surface area contributed by atoms with Crippen molar-refractivity contribution >= 4 is 23.6 Å². The Morgan fingerprint density at radius 2 is 1.89 bits per heavy atom. The molecule has 0 heterocycles. The van der Waals surface area contributed by atoms with Gasteiger partial charge in [0.2, 0.25) is 0 Å². The van der Waals surface area contributed by atoms with E-state index in [1.165, 1.54) is 0 Å². The second-order valence-electron chi connectivity index (χ2n) is 4.29. The smallest absolute Gasteiger partial charge is 0.323 e. The van der Waals surface area contributed by atoms with E-state index in [1.807, 2.05) is 12.1 Å². The summed E-state index contributed by atoms with van der Waals surface area (Å²) in [6.45, 7) is -0.386. The lowest BCUT2D eigenvalue weighted by Crippen LogP contribution is -2.43. The van der Waals surface area contributed by atoms with Crippen LogP contribution in [0.4, 0.5) is 4.79 Å². The fourth-order valence-corrected chi connectivity index (χ4v) is 1.92. The van der Waals surface area contributed by atoms with Gasteiger partial charge in [-0.1, -0.05) is 23.7 Å². The summed E-state index contributed by atoms with van der Waals surface area (Å²) in [6.07, 6.45) is 1.68. The number of amides is 2. The molecular formula is C12H13ClN2O3. The van der Waals surface area contributed by atoms with E-state index < -0.39 is 12.0 Å². The highest BCUT2D eigenvalue weighted by atomic mass is 35.5. The van der Waals surface area contributed by atoms with E-state index in [1.54, 1.807) is 12.1 Å². The molecule has 0 atom stereocenters. The average Bonchev–Trinajstić information content (AvgIpc) is 3.08. The number of carboxylic acid groups (broad SMARTS) is 1. The standard InChI is InChI=1S/C12H13ClN2O3/c13-9-3-1-8(2-4-9)12(5-6-12)15-11(18)14-7-10(16)17/h1-4H,5-7H2,(H,16,17)(H2,14,15,18). The van der Waals surface area contributed by atoms with Crippen LogP contribution < -0.4 is 10.6 Å². The van der Waals surface area contributed by atoms with Gasteiger partial charge in [-0.25, -0.2) is 4.79 Å². The molecule has 1 aromatic carbocycles. The minimum atomic E-state index is -1.07. The largest absolute Gasteiger partial charge is 0.480 e. The molecule has 0 aliphatic heterocycles. The van der Waals surface area contributed by atoms with Crippen molar-refractivity contribution in [2.75, 3.05) is 6.54 Å². The van der Waals surface area contributed by atoms with Crippen LogP contribution in [0.5, 0.6) is 0 Å². The van der Waals surface area contributed by atoms with Gasteiger partial charge in [-0.15, -0.1) is 0 Å². The van der Waals surface area contributed by atoms with Gasteiger partial charge in [0.15, 0.2) is 0 Å². The maximum absolute atomic E-state index is 11.5. The minimum absolute atomic E-state index is 0.368. The van der Waals surface area contributed by atoms with E-state index in [0.29, 0.717) is 5.02 Å². The second kappa shape index (κ2) is 4.86. The van der Waals surface area contributed by atoms with Crippen LogP contribution in [0, 0.1) is 0 Å². The molecule has 0 radical (unpaired) electrons. The maximum atomic E-state index is 11.5. The number of rotatable bonds is 4. The Bertz CT molecular complexity index is 469. The van der Waals surface area contributed by atoms with Crippen molar-refractivity contribution in [3.8, 4) is 0 Å². The first-order valence-electron chi connectivity index (χ1n) is 5.56. The van der Waals surface area contributed by atoms with E-state index >= 15 is 0 Å². The van der Waals surface area contributed by atoms with Crippen molar-refractivity contribution in [3.05, 3.63) is 34.9 Å². The fraction of sp³-hybridized carbons (Fsp3) is 0.333. The van der Waals surface area contributed by atoms with E-state index in [-0.39, 0.29) is 12.1 Å². The average molecular weight is 269 g/mol. The molecule has 0 bridgehead atoms. The molecule has 0 aromatic heterocycles. The van der Waals surface area contributed by atoms with Crippen LogP contribution in [-0.4, -0.2) is 23.7 Å². The van der Waals surface area contributed by atoms with Crippen molar-refractivity contribution in [1.82, 2.24) is 10.6 Å². The summed E-state index contributed by atoms with van der Waals surface area (Å²) in [5, 5.41) is 14.2. The van der Waals surface area contributed by atoms with Gasteiger partial charge in [-0.3, -0.25) is 4.79 Å². The lowest BCUT2D eigenvalue weighted by Gasteiger charge is -2.18. The van der Waals surface area contributed by atoms with Gasteiger partial charge < -0.3 is 15.7 Å². The first kappa shape index (κ1) is 12.7. The number of carboxylic acids is 1. The molecule has 1 aliphatic carbocycles. The molecule has 6 heteroatoms. The highest BCUT2D eigenvalue weighted by Crippen LogP contribution is 2.45. The first-order valence-corrected chi connectivity index (χ1v) is 5.93. The number of nitrogens with one attached hydrogen (secondary N) is 2. The highest BCUT2D eigenvalue weighted by molar-refractivity contribution is 6.30. The molecule has 5 nitrogen and oxygen atoms in total. The summed E-state index contributed by atoms with van der Waals surface area (Å²) in [5.74, 6) is -1.07. The molecule has 0 unspecified atom stereocenters. The van der Waals surface area contributed by atoms with Crippen molar-refractivity contribution in [1.29, 1.82) is 0 Å². The predicted octanol–water partition coefficient (Wildman–Crippen LogP) is 1.71. The molecule has 2 amide bonds. The fourth-order valence-electron chi connectivity index (χ4n) is 1.80. The Hall–Kier alpha value is -1.75. The van der Waals surface area contributed by atoms with Crippen molar-refractivity contribution in [2.24, 2.45) is 0 Å². The highest BCUT2D eigenvalue weighted by Gasteiger charge is 2.45. The summed E-state index contributed by atoms with van der Waals surface area (Å²) in [5.41, 5.74) is 0.616. The first-order chi connectivity index (χ1) is 8.52. The maximum Gasteiger partial charge on any atom is 0.323 e. The number of carbonyl (C=O) groups excluding carboxylic acids is 1.